The van der Waals surface area contributed by atoms with E-state index in [1.165, 1.54) is 0 Å². The molecule has 1 amide bonds. The van der Waals surface area contributed by atoms with Crippen LogP contribution in [0.4, 0.5) is 0 Å². The molecule has 0 bridgehead atoms. The minimum atomic E-state index is -0.647. The second-order valence-electron chi connectivity index (χ2n) is 5.96. The Kier molecular flexibility index (Phi) is 4.92. The Labute approximate surface area is 141 Å². The molecule has 126 valence electrons. The average Bonchev–Trinajstić information content (AvgIpc) is 2.96. The van der Waals surface area contributed by atoms with Crippen molar-refractivity contribution in [2.75, 3.05) is 19.7 Å². The van der Waals surface area contributed by atoms with Crippen LogP contribution in [0.15, 0.2) is 42.6 Å². The van der Waals surface area contributed by atoms with Gasteiger partial charge in [0.25, 0.3) is 5.91 Å². The number of carbonyl (C=O) groups excluding carboxylic acids is 1. The smallest absolute Gasteiger partial charge is 0.256 e. The largest absolute Gasteiger partial charge is 0.388 e. The van der Waals surface area contributed by atoms with Gasteiger partial charge in [0.1, 0.15) is 6.10 Å². The molecule has 1 aromatic heterocycles. The zero-order valence-corrected chi connectivity index (χ0v) is 14.0. The first-order chi connectivity index (χ1) is 11.6. The fraction of sp³-hybridized carbons (Fsp3) is 0.368. The molecule has 1 aliphatic rings. The summed E-state index contributed by atoms with van der Waals surface area (Å²) in [7, 11) is 0. The SMILES string of the molecule is CCOC1CN(C(=O)c2c(-c3ccccc3)ccnc2C)CC1O. The maximum absolute atomic E-state index is 13.1. The number of hydrogen-bond acceptors (Lipinski definition) is 4. The summed E-state index contributed by atoms with van der Waals surface area (Å²) in [4.78, 5) is 19.0. The zero-order chi connectivity index (χ0) is 17.1. The third-order valence-corrected chi connectivity index (χ3v) is 4.34. The quantitative estimate of drug-likeness (QED) is 0.936. The number of amides is 1. The number of rotatable bonds is 4. The molecule has 2 atom stereocenters. The lowest BCUT2D eigenvalue weighted by atomic mass is 9.98. The van der Waals surface area contributed by atoms with E-state index in [1.54, 1.807) is 11.1 Å². The van der Waals surface area contributed by atoms with E-state index in [2.05, 4.69) is 4.98 Å². The molecule has 0 radical (unpaired) electrons. The van der Waals surface area contributed by atoms with Gasteiger partial charge in [-0.1, -0.05) is 30.3 Å². The van der Waals surface area contributed by atoms with Crippen molar-refractivity contribution < 1.29 is 14.6 Å². The Morgan fingerprint density at radius 3 is 2.75 bits per heavy atom. The van der Waals surface area contributed by atoms with Gasteiger partial charge >= 0.3 is 0 Å². The molecular weight excluding hydrogens is 304 g/mol. The lowest BCUT2D eigenvalue weighted by molar-refractivity contribution is -0.00237. The molecule has 5 nitrogen and oxygen atoms in total. The van der Waals surface area contributed by atoms with Crippen molar-refractivity contribution in [3.63, 3.8) is 0 Å². The number of aliphatic hydroxyl groups excluding tert-OH is 1. The van der Waals surface area contributed by atoms with Crippen LogP contribution in [0.2, 0.25) is 0 Å². The van der Waals surface area contributed by atoms with Gasteiger partial charge in [0, 0.05) is 25.9 Å². The number of nitrogens with zero attached hydrogens (tertiary/aromatic N) is 2. The summed E-state index contributed by atoms with van der Waals surface area (Å²) >= 11 is 0. The highest BCUT2D eigenvalue weighted by Gasteiger charge is 2.36. The number of carbonyl (C=O) groups is 1. The summed E-state index contributed by atoms with van der Waals surface area (Å²) in [6, 6.07) is 11.7. The summed E-state index contributed by atoms with van der Waals surface area (Å²) in [5.41, 5.74) is 3.12. The molecule has 24 heavy (non-hydrogen) atoms. The van der Waals surface area contributed by atoms with Crippen LogP contribution in [-0.2, 0) is 4.74 Å². The monoisotopic (exact) mass is 326 g/mol. The lowest BCUT2D eigenvalue weighted by Gasteiger charge is -2.19. The van der Waals surface area contributed by atoms with Gasteiger partial charge in [0.05, 0.1) is 17.4 Å². The fourth-order valence-corrected chi connectivity index (χ4v) is 3.15. The first kappa shape index (κ1) is 16.6. The first-order valence-electron chi connectivity index (χ1n) is 8.21. The normalized spacial score (nSPS) is 20.4. The van der Waals surface area contributed by atoms with Crippen LogP contribution in [0.25, 0.3) is 11.1 Å². The van der Waals surface area contributed by atoms with Crippen molar-refractivity contribution in [2.24, 2.45) is 0 Å². The molecule has 0 aliphatic carbocycles. The molecule has 0 saturated carbocycles. The summed E-state index contributed by atoms with van der Waals surface area (Å²) in [6.07, 6.45) is 0.748. The van der Waals surface area contributed by atoms with Crippen LogP contribution < -0.4 is 0 Å². The van der Waals surface area contributed by atoms with Gasteiger partial charge in [-0.05, 0) is 31.0 Å². The fourth-order valence-electron chi connectivity index (χ4n) is 3.15. The maximum atomic E-state index is 13.1. The van der Waals surface area contributed by atoms with E-state index < -0.39 is 6.10 Å². The predicted molar refractivity (Wildman–Crippen MR) is 91.7 cm³/mol. The number of ether oxygens (including phenoxy) is 1. The van der Waals surface area contributed by atoms with Crippen molar-refractivity contribution in [1.82, 2.24) is 9.88 Å². The van der Waals surface area contributed by atoms with Crippen LogP contribution in [0, 0.1) is 6.92 Å². The number of aliphatic hydroxyl groups is 1. The van der Waals surface area contributed by atoms with Crippen LogP contribution >= 0.6 is 0 Å². The minimum Gasteiger partial charge on any atom is -0.388 e. The van der Waals surface area contributed by atoms with E-state index in [4.69, 9.17) is 4.74 Å². The van der Waals surface area contributed by atoms with Crippen LogP contribution in [-0.4, -0.2) is 52.8 Å². The molecule has 5 heteroatoms. The van der Waals surface area contributed by atoms with E-state index in [0.29, 0.717) is 24.4 Å². The molecule has 3 rings (SSSR count). The zero-order valence-electron chi connectivity index (χ0n) is 14.0. The van der Waals surface area contributed by atoms with E-state index in [9.17, 15) is 9.90 Å². The highest BCUT2D eigenvalue weighted by molar-refractivity contribution is 6.02. The molecule has 1 N–H and O–H groups in total. The molecular formula is C19H22N2O3. The van der Waals surface area contributed by atoms with Crippen molar-refractivity contribution in [3.05, 3.63) is 53.9 Å². The number of aromatic nitrogens is 1. The Hall–Kier alpha value is -2.24. The molecule has 2 aromatic rings. The van der Waals surface area contributed by atoms with Gasteiger partial charge in [-0.2, -0.15) is 0 Å². The van der Waals surface area contributed by atoms with Gasteiger partial charge in [0.2, 0.25) is 0 Å². The van der Waals surface area contributed by atoms with Gasteiger partial charge < -0.3 is 14.7 Å². The van der Waals surface area contributed by atoms with Crippen molar-refractivity contribution in [1.29, 1.82) is 0 Å². The first-order valence-corrected chi connectivity index (χ1v) is 8.21. The highest BCUT2D eigenvalue weighted by Crippen LogP contribution is 2.27. The van der Waals surface area contributed by atoms with Crippen molar-refractivity contribution >= 4 is 5.91 Å². The van der Waals surface area contributed by atoms with Crippen molar-refractivity contribution in [3.8, 4) is 11.1 Å². The van der Waals surface area contributed by atoms with E-state index in [1.807, 2.05) is 50.2 Å². The predicted octanol–water partition coefficient (Wildman–Crippen LogP) is 2.28. The van der Waals surface area contributed by atoms with Crippen LogP contribution in [0.3, 0.4) is 0 Å². The third kappa shape index (κ3) is 3.18. The van der Waals surface area contributed by atoms with E-state index in [-0.39, 0.29) is 18.6 Å². The highest BCUT2D eigenvalue weighted by atomic mass is 16.5. The number of pyridine rings is 1. The topological polar surface area (TPSA) is 62.7 Å². The molecule has 1 saturated heterocycles. The van der Waals surface area contributed by atoms with Gasteiger partial charge in [-0.3, -0.25) is 9.78 Å². The Morgan fingerprint density at radius 2 is 2.04 bits per heavy atom. The summed E-state index contributed by atoms with van der Waals surface area (Å²) in [6.45, 7) is 4.93. The van der Waals surface area contributed by atoms with Gasteiger partial charge in [-0.25, -0.2) is 0 Å². The van der Waals surface area contributed by atoms with Crippen LogP contribution in [0.1, 0.15) is 23.0 Å². The minimum absolute atomic E-state index is 0.110. The van der Waals surface area contributed by atoms with Crippen molar-refractivity contribution in [2.45, 2.75) is 26.1 Å². The van der Waals surface area contributed by atoms with Gasteiger partial charge in [-0.15, -0.1) is 0 Å². The number of aryl methyl sites for hydroxylation is 1. The van der Waals surface area contributed by atoms with Crippen LogP contribution in [0.5, 0.6) is 0 Å². The van der Waals surface area contributed by atoms with E-state index in [0.717, 1.165) is 11.1 Å². The standard InChI is InChI=1S/C19H22N2O3/c1-3-24-17-12-21(11-16(17)22)19(23)18-13(2)20-10-9-15(18)14-7-5-4-6-8-14/h4-10,16-17,22H,3,11-12H2,1-2H3. The Balaban J connectivity index is 1.94. The Morgan fingerprint density at radius 1 is 1.29 bits per heavy atom. The molecule has 0 spiro atoms. The second-order valence-corrected chi connectivity index (χ2v) is 5.96. The third-order valence-electron chi connectivity index (χ3n) is 4.34. The Bertz CT molecular complexity index is 718. The molecule has 2 unspecified atom stereocenters. The molecule has 2 heterocycles. The number of β-amino-alcohol motifs (C(OH)–C–C–N with tert-alkyl or cyclic N) is 1. The van der Waals surface area contributed by atoms with E-state index >= 15 is 0 Å². The molecule has 1 aliphatic heterocycles. The number of hydrogen-bond donors (Lipinski definition) is 1. The summed E-state index contributed by atoms with van der Waals surface area (Å²) in [5.74, 6) is -0.110. The summed E-state index contributed by atoms with van der Waals surface area (Å²) in [5, 5.41) is 10.1. The second kappa shape index (κ2) is 7.11. The lowest BCUT2D eigenvalue weighted by Crippen LogP contribution is -2.31. The maximum Gasteiger partial charge on any atom is 0.256 e. The summed E-state index contributed by atoms with van der Waals surface area (Å²) < 4.78 is 5.52. The van der Waals surface area contributed by atoms with Gasteiger partial charge in [0.15, 0.2) is 0 Å². The molecule has 1 fully saturated rings. The number of likely N-dealkylation sites (tertiary alicyclic amines) is 1. The average molecular weight is 326 g/mol. The molecule has 1 aromatic carbocycles. The number of benzene rings is 1.